The summed E-state index contributed by atoms with van der Waals surface area (Å²) in [6.45, 7) is 5.40. The number of nitrogens with one attached hydrogen (secondary N) is 2. The molecule has 0 bridgehead atoms. The van der Waals surface area contributed by atoms with Gasteiger partial charge in [0.2, 0.25) is 5.91 Å². The predicted octanol–water partition coefficient (Wildman–Crippen LogP) is 2.78. The van der Waals surface area contributed by atoms with Crippen molar-refractivity contribution in [2.45, 2.75) is 38.9 Å². The van der Waals surface area contributed by atoms with Crippen molar-refractivity contribution in [1.82, 2.24) is 15.5 Å². The number of nitrogens with zero attached hydrogens (tertiary/aromatic N) is 1. The molecule has 1 aliphatic rings. The highest BCUT2D eigenvalue weighted by Gasteiger charge is 2.18. The highest BCUT2D eigenvalue weighted by Crippen LogP contribution is 2.16. The van der Waals surface area contributed by atoms with E-state index in [2.05, 4.69) is 27.7 Å². The van der Waals surface area contributed by atoms with Gasteiger partial charge in [-0.2, -0.15) is 0 Å². The van der Waals surface area contributed by atoms with E-state index in [1.807, 2.05) is 23.6 Å². The maximum Gasteiger partial charge on any atom is 0.261 e. The van der Waals surface area contributed by atoms with Crippen LogP contribution in [0, 0.1) is 0 Å². The summed E-state index contributed by atoms with van der Waals surface area (Å²) in [5.41, 5.74) is 2.38. The van der Waals surface area contributed by atoms with E-state index in [9.17, 15) is 9.59 Å². The van der Waals surface area contributed by atoms with Gasteiger partial charge in [0.1, 0.15) is 6.04 Å². The van der Waals surface area contributed by atoms with Crippen molar-refractivity contribution in [3.63, 3.8) is 0 Å². The lowest BCUT2D eigenvalue weighted by molar-refractivity contribution is -0.122. The number of carbonyl (C=O) groups excluding carboxylic acids is 2. The first kappa shape index (κ1) is 18.6. The molecule has 2 aromatic rings. The van der Waals surface area contributed by atoms with Crippen molar-refractivity contribution in [2.24, 2.45) is 0 Å². The number of thiophene rings is 1. The summed E-state index contributed by atoms with van der Waals surface area (Å²) in [5.74, 6) is -0.386. The van der Waals surface area contributed by atoms with Crippen molar-refractivity contribution in [3.05, 3.63) is 57.8 Å². The monoisotopic (exact) mass is 371 g/mol. The van der Waals surface area contributed by atoms with Crippen molar-refractivity contribution in [1.29, 1.82) is 0 Å². The third-order valence-electron chi connectivity index (χ3n) is 4.65. The molecule has 1 aromatic heterocycles. The van der Waals surface area contributed by atoms with Gasteiger partial charge in [0, 0.05) is 13.1 Å². The molecule has 138 valence electrons. The Morgan fingerprint density at radius 3 is 2.54 bits per heavy atom. The highest BCUT2D eigenvalue weighted by molar-refractivity contribution is 7.12. The zero-order chi connectivity index (χ0) is 18.4. The van der Waals surface area contributed by atoms with E-state index in [0.717, 1.165) is 25.2 Å². The standard InChI is InChI=1S/C20H25N3O2S/c1-15(22-20(25)18-9-6-12-26-18)19(24)21-13-16-7-2-3-8-17(16)14-23-10-4-5-11-23/h2-3,6-9,12,15H,4-5,10-11,13-14H2,1H3,(H,21,24)(H,22,25)/t15-/m1/s1. The number of hydrogen-bond acceptors (Lipinski definition) is 4. The first-order chi connectivity index (χ1) is 12.6. The summed E-state index contributed by atoms with van der Waals surface area (Å²) in [7, 11) is 0. The van der Waals surface area contributed by atoms with Crippen LogP contribution in [0.3, 0.4) is 0 Å². The molecule has 0 unspecified atom stereocenters. The fraction of sp³-hybridized carbons (Fsp3) is 0.400. The van der Waals surface area contributed by atoms with Crippen LogP contribution in [0.1, 0.15) is 40.6 Å². The third-order valence-corrected chi connectivity index (χ3v) is 5.52. The fourth-order valence-corrected chi connectivity index (χ4v) is 3.77. The number of benzene rings is 1. The minimum absolute atomic E-state index is 0.175. The topological polar surface area (TPSA) is 61.4 Å². The first-order valence-electron chi connectivity index (χ1n) is 9.04. The average molecular weight is 372 g/mol. The lowest BCUT2D eigenvalue weighted by Crippen LogP contribution is -2.44. The second kappa shape index (κ2) is 8.96. The number of likely N-dealkylation sites (tertiary alicyclic amines) is 1. The Morgan fingerprint density at radius 2 is 1.85 bits per heavy atom. The number of rotatable bonds is 7. The summed E-state index contributed by atoms with van der Waals surface area (Å²) < 4.78 is 0. The van der Waals surface area contributed by atoms with Crippen LogP contribution in [0.25, 0.3) is 0 Å². The van der Waals surface area contributed by atoms with E-state index in [0.29, 0.717) is 11.4 Å². The zero-order valence-corrected chi connectivity index (χ0v) is 15.8. The molecule has 0 saturated carbocycles. The van der Waals surface area contributed by atoms with Gasteiger partial charge >= 0.3 is 0 Å². The average Bonchev–Trinajstić information content (AvgIpc) is 3.34. The molecule has 0 radical (unpaired) electrons. The van der Waals surface area contributed by atoms with E-state index < -0.39 is 6.04 Å². The van der Waals surface area contributed by atoms with E-state index in [4.69, 9.17) is 0 Å². The second-order valence-electron chi connectivity index (χ2n) is 6.64. The van der Waals surface area contributed by atoms with Crippen LogP contribution < -0.4 is 10.6 Å². The Labute approximate surface area is 158 Å². The molecule has 1 aromatic carbocycles. The van der Waals surface area contributed by atoms with Crippen LogP contribution in [0.15, 0.2) is 41.8 Å². The molecule has 2 amide bonds. The Balaban J connectivity index is 1.53. The van der Waals surface area contributed by atoms with E-state index in [1.54, 1.807) is 13.0 Å². The fourth-order valence-electron chi connectivity index (χ4n) is 3.14. The van der Waals surface area contributed by atoms with Crippen LogP contribution in [-0.4, -0.2) is 35.8 Å². The Bertz CT molecular complexity index is 739. The Morgan fingerprint density at radius 1 is 1.12 bits per heavy atom. The Hall–Kier alpha value is -2.18. The molecule has 0 aliphatic carbocycles. The quantitative estimate of drug-likeness (QED) is 0.787. The molecule has 1 saturated heterocycles. The molecule has 2 heterocycles. The van der Waals surface area contributed by atoms with E-state index >= 15 is 0 Å². The molecule has 6 heteroatoms. The molecular formula is C20H25N3O2S. The van der Waals surface area contributed by atoms with Crippen molar-refractivity contribution in [2.75, 3.05) is 13.1 Å². The minimum Gasteiger partial charge on any atom is -0.350 e. The Kier molecular flexibility index (Phi) is 6.41. The van der Waals surface area contributed by atoms with Crippen LogP contribution in [-0.2, 0) is 17.9 Å². The van der Waals surface area contributed by atoms with Crippen LogP contribution >= 0.6 is 11.3 Å². The van der Waals surface area contributed by atoms with Crippen LogP contribution in [0.4, 0.5) is 0 Å². The van der Waals surface area contributed by atoms with Gasteiger partial charge in [-0.25, -0.2) is 0 Å². The highest BCUT2D eigenvalue weighted by atomic mass is 32.1. The summed E-state index contributed by atoms with van der Waals surface area (Å²) in [6, 6.07) is 11.2. The second-order valence-corrected chi connectivity index (χ2v) is 7.59. The summed E-state index contributed by atoms with van der Waals surface area (Å²) >= 11 is 1.36. The van der Waals surface area contributed by atoms with Gasteiger partial charge in [0.25, 0.3) is 5.91 Å². The summed E-state index contributed by atoms with van der Waals surface area (Å²) in [5, 5.41) is 7.53. The maximum atomic E-state index is 12.3. The normalized spacial score (nSPS) is 15.6. The van der Waals surface area contributed by atoms with Gasteiger partial charge in [-0.15, -0.1) is 11.3 Å². The summed E-state index contributed by atoms with van der Waals surface area (Å²) in [4.78, 5) is 27.5. The van der Waals surface area contributed by atoms with Gasteiger partial charge in [0.15, 0.2) is 0 Å². The van der Waals surface area contributed by atoms with E-state index in [-0.39, 0.29) is 11.8 Å². The van der Waals surface area contributed by atoms with Gasteiger partial charge < -0.3 is 10.6 Å². The molecule has 1 atom stereocenters. The number of hydrogen-bond donors (Lipinski definition) is 2. The van der Waals surface area contributed by atoms with Crippen LogP contribution in [0.5, 0.6) is 0 Å². The van der Waals surface area contributed by atoms with Gasteiger partial charge in [0.05, 0.1) is 4.88 Å². The molecule has 1 aliphatic heterocycles. The van der Waals surface area contributed by atoms with Crippen molar-refractivity contribution < 1.29 is 9.59 Å². The largest absolute Gasteiger partial charge is 0.350 e. The maximum absolute atomic E-state index is 12.3. The molecule has 2 N–H and O–H groups in total. The number of amides is 2. The predicted molar refractivity (Wildman–Crippen MR) is 104 cm³/mol. The number of carbonyl (C=O) groups is 2. The SMILES string of the molecule is C[C@@H](NC(=O)c1cccs1)C(=O)NCc1ccccc1CN1CCCC1. The first-order valence-corrected chi connectivity index (χ1v) is 9.92. The van der Waals surface area contributed by atoms with Gasteiger partial charge in [-0.3, -0.25) is 14.5 Å². The molecular weight excluding hydrogens is 346 g/mol. The minimum atomic E-state index is -0.574. The molecule has 5 nitrogen and oxygen atoms in total. The van der Waals surface area contributed by atoms with Crippen molar-refractivity contribution in [3.8, 4) is 0 Å². The zero-order valence-electron chi connectivity index (χ0n) is 15.0. The molecule has 26 heavy (non-hydrogen) atoms. The lowest BCUT2D eigenvalue weighted by atomic mass is 10.1. The third kappa shape index (κ3) is 4.93. The van der Waals surface area contributed by atoms with Crippen molar-refractivity contribution >= 4 is 23.2 Å². The van der Waals surface area contributed by atoms with E-state index in [1.165, 1.54) is 29.7 Å². The lowest BCUT2D eigenvalue weighted by Gasteiger charge is -2.18. The summed E-state index contributed by atoms with van der Waals surface area (Å²) in [6.07, 6.45) is 2.53. The molecule has 3 rings (SSSR count). The smallest absolute Gasteiger partial charge is 0.261 e. The molecule has 0 spiro atoms. The van der Waals surface area contributed by atoms with Crippen LogP contribution in [0.2, 0.25) is 0 Å². The van der Waals surface area contributed by atoms with Gasteiger partial charge in [-0.1, -0.05) is 30.3 Å². The molecule has 1 fully saturated rings. The van der Waals surface area contributed by atoms with Gasteiger partial charge in [-0.05, 0) is 55.4 Å².